The van der Waals surface area contributed by atoms with E-state index in [4.69, 9.17) is 12.8 Å². The average molecular weight is 308 g/mol. The van der Waals surface area contributed by atoms with E-state index in [9.17, 15) is 4.79 Å². The van der Waals surface area contributed by atoms with Crippen LogP contribution in [0.3, 0.4) is 0 Å². The Morgan fingerprint density at radius 2 is 2.33 bits per heavy atom. The van der Waals surface area contributed by atoms with Gasteiger partial charge in [0.15, 0.2) is 0 Å². The van der Waals surface area contributed by atoms with Crippen LogP contribution >= 0.6 is 15.9 Å². The molecule has 0 spiro atoms. The largest absolute Gasteiger partial charge is 0.369 e. The van der Waals surface area contributed by atoms with E-state index in [-0.39, 0.29) is 18.1 Å². The summed E-state index contributed by atoms with van der Waals surface area (Å²) in [6.45, 7) is 2.19. The monoisotopic (exact) mass is 307 g/mol. The zero-order valence-electron chi connectivity index (χ0n) is 10.1. The van der Waals surface area contributed by atoms with E-state index in [1.807, 2.05) is 6.92 Å². The van der Waals surface area contributed by atoms with Crippen LogP contribution in [0.4, 0.5) is 5.69 Å². The summed E-state index contributed by atoms with van der Waals surface area (Å²) in [5.74, 6) is 5.01. The summed E-state index contributed by atoms with van der Waals surface area (Å²) in [5, 5.41) is 7.07. The predicted molar refractivity (Wildman–Crippen MR) is 76.2 cm³/mol. The predicted octanol–water partition coefficient (Wildman–Crippen LogP) is 1.85. The van der Waals surface area contributed by atoms with E-state index in [2.05, 4.69) is 38.2 Å². The van der Waals surface area contributed by atoms with Crippen molar-refractivity contribution in [2.24, 2.45) is 0 Å². The molecule has 0 radical (unpaired) electrons. The highest BCUT2D eigenvalue weighted by molar-refractivity contribution is 9.10. The van der Waals surface area contributed by atoms with Crippen molar-refractivity contribution in [2.45, 2.75) is 32.4 Å². The van der Waals surface area contributed by atoms with Crippen molar-refractivity contribution in [2.75, 3.05) is 5.32 Å². The Morgan fingerprint density at radius 1 is 1.61 bits per heavy atom. The molecular weight excluding hydrogens is 294 g/mol. The second-order valence-electron chi connectivity index (χ2n) is 3.69. The highest BCUT2D eigenvalue weighted by Gasteiger charge is 2.11. The van der Waals surface area contributed by atoms with Gasteiger partial charge in [-0.2, -0.15) is 5.10 Å². The van der Waals surface area contributed by atoms with Gasteiger partial charge in [-0.25, -0.2) is 4.68 Å². The molecule has 1 rings (SSSR count). The van der Waals surface area contributed by atoms with Crippen LogP contribution in [0.25, 0.3) is 0 Å². The number of aromatic nitrogens is 2. The van der Waals surface area contributed by atoms with Crippen molar-refractivity contribution in [3.63, 3.8) is 0 Å². The third-order valence-corrected chi connectivity index (χ3v) is 3.10. The topological polar surface area (TPSA) is 46.9 Å². The minimum atomic E-state index is -0.273. The molecule has 0 fully saturated rings. The maximum absolute atomic E-state index is 11.9. The van der Waals surface area contributed by atoms with E-state index in [0.29, 0.717) is 10.2 Å². The molecule has 0 aliphatic heterocycles. The summed E-state index contributed by atoms with van der Waals surface area (Å²) in [6, 6.07) is -0.115. The van der Waals surface area contributed by atoms with Crippen LogP contribution in [0.2, 0.25) is 0 Å². The van der Waals surface area contributed by atoms with Gasteiger partial charge in [0, 0.05) is 0 Å². The fraction of sp³-hybridized carbons (Fsp3) is 0.385. The van der Waals surface area contributed by atoms with Gasteiger partial charge in [-0.05, 0) is 22.4 Å². The Kier molecular flexibility index (Phi) is 5.48. The van der Waals surface area contributed by atoms with Crippen LogP contribution in [-0.2, 0) is 6.54 Å². The molecule has 0 saturated carbocycles. The fourth-order valence-electron chi connectivity index (χ4n) is 1.44. The number of hydrogen-bond donors (Lipinski definition) is 1. The molecule has 1 unspecified atom stereocenters. The van der Waals surface area contributed by atoms with E-state index >= 15 is 0 Å². The van der Waals surface area contributed by atoms with E-state index in [1.54, 1.807) is 6.20 Å². The van der Waals surface area contributed by atoms with Crippen molar-refractivity contribution < 1.29 is 0 Å². The molecule has 0 aliphatic rings. The molecule has 1 N–H and O–H groups in total. The number of nitrogens with zero attached hydrogens (tertiary/aromatic N) is 2. The van der Waals surface area contributed by atoms with Gasteiger partial charge in [0.2, 0.25) is 0 Å². The van der Waals surface area contributed by atoms with Crippen LogP contribution in [0.15, 0.2) is 15.5 Å². The Bertz CT molecular complexity index is 551. The molecule has 1 aromatic heterocycles. The lowest BCUT2D eigenvalue weighted by Crippen LogP contribution is -2.26. The number of halogens is 1. The Labute approximate surface area is 115 Å². The van der Waals surface area contributed by atoms with Gasteiger partial charge >= 0.3 is 0 Å². The summed E-state index contributed by atoms with van der Waals surface area (Å²) in [6.07, 6.45) is 13.9. The quantitative estimate of drug-likeness (QED) is 0.845. The number of rotatable bonds is 5. The lowest BCUT2D eigenvalue weighted by atomic mass is 10.2. The summed E-state index contributed by atoms with van der Waals surface area (Å²) in [4.78, 5) is 11.9. The molecule has 5 heteroatoms. The first-order valence-electron chi connectivity index (χ1n) is 5.55. The van der Waals surface area contributed by atoms with Gasteiger partial charge in [-0.1, -0.05) is 25.2 Å². The van der Waals surface area contributed by atoms with Crippen LogP contribution in [0.5, 0.6) is 0 Å². The fourth-order valence-corrected chi connectivity index (χ4v) is 1.86. The van der Waals surface area contributed by atoms with Crippen LogP contribution < -0.4 is 10.9 Å². The van der Waals surface area contributed by atoms with Crippen molar-refractivity contribution >= 4 is 21.6 Å². The minimum Gasteiger partial charge on any atom is -0.369 e. The zero-order valence-corrected chi connectivity index (χ0v) is 11.7. The second-order valence-corrected chi connectivity index (χ2v) is 4.48. The summed E-state index contributed by atoms with van der Waals surface area (Å²) in [5.41, 5.74) is 0.315. The zero-order chi connectivity index (χ0) is 13.5. The van der Waals surface area contributed by atoms with Crippen LogP contribution in [-0.4, -0.2) is 15.8 Å². The first kappa shape index (κ1) is 14.3. The molecule has 0 aliphatic carbocycles. The van der Waals surface area contributed by atoms with E-state index in [0.717, 1.165) is 12.8 Å². The third-order valence-electron chi connectivity index (χ3n) is 2.33. The molecule has 1 aromatic rings. The molecule has 0 aromatic carbocycles. The molecule has 18 heavy (non-hydrogen) atoms. The van der Waals surface area contributed by atoms with Gasteiger partial charge in [-0.3, -0.25) is 4.79 Å². The number of terminal acetylenes is 2. The Balaban J connectivity index is 3.00. The first-order valence-corrected chi connectivity index (χ1v) is 6.35. The van der Waals surface area contributed by atoms with Crippen molar-refractivity contribution in [1.82, 2.24) is 9.78 Å². The molecule has 0 amide bonds. The van der Waals surface area contributed by atoms with Gasteiger partial charge < -0.3 is 5.32 Å². The Morgan fingerprint density at radius 3 is 2.89 bits per heavy atom. The van der Waals surface area contributed by atoms with E-state index < -0.39 is 0 Å². The van der Waals surface area contributed by atoms with Gasteiger partial charge in [0.05, 0.1) is 17.9 Å². The standard InChI is InChI=1S/C13H14BrN3O/c1-4-7-10(6-3)16-11-9-15-17(8-5-2)13(18)12(11)14/h2-3,9-10,16H,4,7-8H2,1H3. The maximum atomic E-state index is 11.9. The number of nitrogens with one attached hydrogen (secondary N) is 1. The summed E-state index contributed by atoms with van der Waals surface area (Å²) >= 11 is 3.24. The number of anilines is 1. The smallest absolute Gasteiger partial charge is 0.284 e. The second kappa shape index (κ2) is 6.88. The summed E-state index contributed by atoms with van der Waals surface area (Å²) < 4.78 is 1.60. The van der Waals surface area contributed by atoms with E-state index in [1.165, 1.54) is 4.68 Å². The average Bonchev–Trinajstić information content (AvgIpc) is 2.37. The highest BCUT2D eigenvalue weighted by Crippen LogP contribution is 2.18. The molecule has 94 valence electrons. The SMILES string of the molecule is C#CCn1ncc(NC(C#C)CCC)c(Br)c1=O. The normalized spacial score (nSPS) is 11.3. The van der Waals surface area contributed by atoms with Crippen molar-refractivity contribution in [1.29, 1.82) is 0 Å². The molecule has 0 bridgehead atoms. The lowest BCUT2D eigenvalue weighted by molar-refractivity contribution is 0.657. The minimum absolute atomic E-state index is 0.115. The Hall–Kier alpha value is -1.72. The van der Waals surface area contributed by atoms with Crippen molar-refractivity contribution in [3.05, 3.63) is 21.0 Å². The maximum Gasteiger partial charge on any atom is 0.284 e. The van der Waals surface area contributed by atoms with Gasteiger partial charge in [0.25, 0.3) is 5.56 Å². The molecule has 0 saturated heterocycles. The first-order chi connectivity index (χ1) is 8.63. The van der Waals surface area contributed by atoms with Crippen molar-refractivity contribution in [3.8, 4) is 24.7 Å². The molecular formula is C13H14BrN3O. The summed E-state index contributed by atoms with van der Waals surface area (Å²) in [7, 11) is 0. The van der Waals surface area contributed by atoms with Gasteiger partial charge in [-0.15, -0.1) is 12.8 Å². The van der Waals surface area contributed by atoms with Gasteiger partial charge in [0.1, 0.15) is 11.0 Å². The number of hydrogen-bond acceptors (Lipinski definition) is 3. The van der Waals surface area contributed by atoms with Crippen LogP contribution in [0, 0.1) is 24.7 Å². The molecule has 4 nitrogen and oxygen atoms in total. The highest BCUT2D eigenvalue weighted by atomic mass is 79.9. The third kappa shape index (κ3) is 3.38. The lowest BCUT2D eigenvalue weighted by Gasteiger charge is -2.14. The molecule has 1 atom stereocenters. The van der Waals surface area contributed by atoms with Crippen LogP contribution in [0.1, 0.15) is 19.8 Å². The molecule has 1 heterocycles.